The van der Waals surface area contributed by atoms with Gasteiger partial charge in [0.2, 0.25) is 0 Å². The molecule has 10 heteroatoms. The van der Waals surface area contributed by atoms with Crippen LogP contribution >= 0.6 is 43.2 Å². The number of hydrogen-bond acceptors (Lipinski definition) is 8. The molecule has 0 spiro atoms. The van der Waals surface area contributed by atoms with Crippen molar-refractivity contribution < 1.29 is 24.5 Å². The minimum atomic E-state index is -0.915. The Hall–Kier alpha value is 0.260. The van der Waals surface area contributed by atoms with Crippen LogP contribution in [0, 0.1) is 0 Å². The zero-order valence-corrected chi connectivity index (χ0v) is 15.1. The molecule has 0 aromatic carbocycles. The lowest BCUT2D eigenvalue weighted by Gasteiger charge is -2.42. The van der Waals surface area contributed by atoms with Gasteiger partial charge in [-0.15, -0.1) is 0 Å². The number of nitrogens with zero attached hydrogens (tertiary/aromatic N) is 1. The van der Waals surface area contributed by atoms with E-state index in [1.54, 1.807) is 0 Å². The second-order valence-corrected chi connectivity index (χ2v) is 9.86. The van der Waals surface area contributed by atoms with Crippen molar-refractivity contribution in [1.82, 2.24) is 4.90 Å². The summed E-state index contributed by atoms with van der Waals surface area (Å²) in [5.41, 5.74) is 0. The molecule has 0 amide bonds. The van der Waals surface area contributed by atoms with Gasteiger partial charge in [0.15, 0.2) is 0 Å². The molecule has 0 radical (unpaired) electrons. The maximum atomic E-state index is 10.8. The number of hydrogen-bond donors (Lipinski definition) is 2. The molecule has 1 fully saturated rings. The topological polar surface area (TPSA) is 87.1 Å². The predicted octanol–water partition coefficient (Wildman–Crippen LogP) is 3.58. The molecule has 1 rings (SSSR count). The van der Waals surface area contributed by atoms with Gasteiger partial charge in [0.05, 0.1) is 13.2 Å². The summed E-state index contributed by atoms with van der Waals surface area (Å²) in [5.74, 6) is 0.622. The summed E-state index contributed by atoms with van der Waals surface area (Å²) in [6.45, 7) is 6.87. The minimum absolute atomic E-state index is 0.0788. The Labute approximate surface area is 139 Å². The fraction of sp³-hybridized carbons (Fsp3) is 0.818. The molecule has 0 aliphatic carbocycles. The Morgan fingerprint density at radius 1 is 1.19 bits per heavy atom. The maximum Gasteiger partial charge on any atom is 0.375 e. The van der Waals surface area contributed by atoms with E-state index in [9.17, 15) is 9.59 Å². The van der Waals surface area contributed by atoms with Gasteiger partial charge in [0.25, 0.3) is 0 Å². The summed E-state index contributed by atoms with van der Waals surface area (Å²) in [7, 11) is 4.22. The van der Waals surface area contributed by atoms with E-state index in [1.165, 1.54) is 21.6 Å². The Balaban J connectivity index is 2.67. The summed E-state index contributed by atoms with van der Waals surface area (Å²) in [6.07, 6.45) is 0. The van der Waals surface area contributed by atoms with Crippen LogP contribution in [-0.4, -0.2) is 68.6 Å². The number of carboxylic acid groups (broad SMARTS) is 2. The molecule has 0 aromatic rings. The standard InChI is InChI=1S/C11H19NO5S4/c1-11(2,21-20-10(15)16)8(7-18-19-9(13)14)12-3-5-17-6-4-12/h8H,3-7H2,1-2H3,(H,13,14)(H,15,16). The molecule has 21 heavy (non-hydrogen) atoms. The lowest BCUT2D eigenvalue weighted by Crippen LogP contribution is -2.53. The van der Waals surface area contributed by atoms with Crippen LogP contribution in [0.25, 0.3) is 0 Å². The van der Waals surface area contributed by atoms with Gasteiger partial charge in [-0.1, -0.05) is 21.6 Å². The third kappa shape index (κ3) is 7.38. The Kier molecular flexibility index (Phi) is 8.65. The van der Waals surface area contributed by atoms with E-state index in [0.29, 0.717) is 19.0 Å². The molecule has 0 bridgehead atoms. The number of ether oxygens (including phenoxy) is 1. The van der Waals surface area contributed by atoms with E-state index < -0.39 is 10.6 Å². The molecular formula is C11H19NO5S4. The first kappa shape index (κ1) is 19.3. The highest BCUT2D eigenvalue weighted by atomic mass is 33.1. The van der Waals surface area contributed by atoms with Crippen molar-refractivity contribution in [2.75, 3.05) is 32.1 Å². The van der Waals surface area contributed by atoms with Crippen molar-refractivity contribution in [1.29, 1.82) is 0 Å². The van der Waals surface area contributed by atoms with E-state index in [0.717, 1.165) is 34.7 Å². The molecule has 1 atom stereocenters. The summed E-state index contributed by atoms with van der Waals surface area (Å²) in [6, 6.07) is 0.0788. The van der Waals surface area contributed by atoms with Crippen LogP contribution < -0.4 is 0 Å². The van der Waals surface area contributed by atoms with E-state index in [1.807, 2.05) is 13.8 Å². The summed E-state index contributed by atoms with van der Waals surface area (Å²) < 4.78 is 5.04. The van der Waals surface area contributed by atoms with Crippen molar-refractivity contribution in [2.24, 2.45) is 0 Å². The molecule has 6 nitrogen and oxygen atoms in total. The second-order valence-electron chi connectivity index (χ2n) is 4.83. The maximum absolute atomic E-state index is 10.8. The van der Waals surface area contributed by atoms with Crippen LogP contribution in [0.4, 0.5) is 9.59 Å². The highest BCUT2D eigenvalue weighted by Gasteiger charge is 2.36. The Morgan fingerprint density at radius 3 is 2.29 bits per heavy atom. The highest BCUT2D eigenvalue weighted by molar-refractivity contribution is 8.82. The van der Waals surface area contributed by atoms with Gasteiger partial charge in [-0.05, 0) is 13.8 Å². The number of carbonyl (C=O) groups is 2. The fourth-order valence-electron chi connectivity index (χ4n) is 1.98. The Morgan fingerprint density at radius 2 is 1.76 bits per heavy atom. The third-order valence-corrected chi connectivity index (χ3v) is 7.77. The molecule has 1 unspecified atom stereocenters. The lowest BCUT2D eigenvalue weighted by atomic mass is 10.0. The monoisotopic (exact) mass is 373 g/mol. The first-order valence-corrected chi connectivity index (χ1v) is 10.7. The average Bonchev–Trinajstić information content (AvgIpc) is 2.42. The van der Waals surface area contributed by atoms with Crippen molar-refractivity contribution in [3.8, 4) is 0 Å². The zero-order valence-electron chi connectivity index (χ0n) is 11.8. The minimum Gasteiger partial charge on any atom is -0.473 e. The molecule has 1 aliphatic rings. The average molecular weight is 374 g/mol. The van der Waals surface area contributed by atoms with Crippen molar-refractivity contribution >= 4 is 53.8 Å². The normalized spacial score (nSPS) is 18.4. The van der Waals surface area contributed by atoms with E-state index in [-0.39, 0.29) is 10.8 Å². The molecule has 0 saturated carbocycles. The van der Waals surface area contributed by atoms with Crippen molar-refractivity contribution in [2.45, 2.75) is 24.6 Å². The molecule has 122 valence electrons. The largest absolute Gasteiger partial charge is 0.473 e. The molecular weight excluding hydrogens is 354 g/mol. The van der Waals surface area contributed by atoms with E-state index in [2.05, 4.69) is 4.90 Å². The van der Waals surface area contributed by atoms with Gasteiger partial charge >= 0.3 is 10.6 Å². The molecule has 0 aromatic heterocycles. The van der Waals surface area contributed by atoms with Crippen LogP contribution in [-0.2, 0) is 4.74 Å². The van der Waals surface area contributed by atoms with Crippen LogP contribution in [0.1, 0.15) is 13.8 Å². The quantitative estimate of drug-likeness (QED) is 0.645. The lowest BCUT2D eigenvalue weighted by molar-refractivity contribution is 0.0158. The zero-order chi connectivity index (χ0) is 15.9. The van der Waals surface area contributed by atoms with Gasteiger partial charge in [-0.2, -0.15) is 0 Å². The SMILES string of the molecule is CC(C)(SSC(=O)O)C(CSSC(=O)O)N1CCOCC1. The number of morpholine rings is 1. The smallest absolute Gasteiger partial charge is 0.375 e. The van der Waals surface area contributed by atoms with Gasteiger partial charge in [-0.25, -0.2) is 9.59 Å². The van der Waals surface area contributed by atoms with Crippen molar-refractivity contribution in [3.63, 3.8) is 0 Å². The molecule has 2 N–H and O–H groups in total. The van der Waals surface area contributed by atoms with Gasteiger partial charge in [-0.3, -0.25) is 4.90 Å². The van der Waals surface area contributed by atoms with E-state index >= 15 is 0 Å². The Bertz CT molecular complexity index is 363. The van der Waals surface area contributed by atoms with Gasteiger partial charge < -0.3 is 14.9 Å². The van der Waals surface area contributed by atoms with Crippen molar-refractivity contribution in [3.05, 3.63) is 0 Å². The highest BCUT2D eigenvalue weighted by Crippen LogP contribution is 2.42. The first-order valence-electron chi connectivity index (χ1n) is 6.25. The van der Waals surface area contributed by atoms with Gasteiger partial charge in [0, 0.05) is 51.2 Å². The molecule has 1 saturated heterocycles. The van der Waals surface area contributed by atoms with Crippen LogP contribution in [0.3, 0.4) is 0 Å². The van der Waals surface area contributed by atoms with Gasteiger partial charge in [0.1, 0.15) is 0 Å². The third-order valence-electron chi connectivity index (χ3n) is 2.97. The summed E-state index contributed by atoms with van der Waals surface area (Å²) in [4.78, 5) is 23.7. The van der Waals surface area contributed by atoms with Crippen LogP contribution in [0.5, 0.6) is 0 Å². The number of rotatable bonds is 7. The predicted molar refractivity (Wildman–Crippen MR) is 91.5 cm³/mol. The molecule has 1 aliphatic heterocycles. The summed E-state index contributed by atoms with van der Waals surface area (Å²) in [5, 5.41) is 15.8. The van der Waals surface area contributed by atoms with Crippen LogP contribution in [0.15, 0.2) is 0 Å². The molecule has 1 heterocycles. The fourth-order valence-corrected chi connectivity index (χ4v) is 5.73. The van der Waals surface area contributed by atoms with E-state index in [4.69, 9.17) is 14.9 Å². The van der Waals surface area contributed by atoms with Crippen LogP contribution in [0.2, 0.25) is 0 Å². The summed E-state index contributed by atoms with van der Waals surface area (Å²) >= 11 is 0. The first-order chi connectivity index (χ1) is 9.83. The second kappa shape index (κ2) is 9.41.